The number of rotatable bonds is 1. The highest BCUT2D eigenvalue weighted by Crippen LogP contribution is 2.01. The zero-order valence-corrected chi connectivity index (χ0v) is 4.75. The summed E-state index contributed by atoms with van der Waals surface area (Å²) in [6.45, 7) is 1.65. The summed E-state index contributed by atoms with van der Waals surface area (Å²) in [6, 6.07) is 0.134. The van der Waals surface area contributed by atoms with E-state index in [0.717, 1.165) is 0 Å². The van der Waals surface area contributed by atoms with Gasteiger partial charge in [0.2, 0.25) is 5.89 Å². The van der Waals surface area contributed by atoms with Crippen LogP contribution >= 0.6 is 0 Å². The lowest BCUT2D eigenvalue weighted by atomic mass is 10.8. The molecule has 0 aliphatic rings. The fourth-order valence-electron chi connectivity index (χ4n) is 0.395. The van der Waals surface area contributed by atoms with E-state index in [9.17, 15) is 0 Å². The molecule has 0 atom stereocenters. The average molecular weight is 124 g/mol. The number of aryl methyl sites for hydroxylation is 1. The minimum absolute atomic E-state index is 0.134. The zero-order chi connectivity index (χ0) is 6.69. The molecule has 5 nitrogen and oxygen atoms in total. The zero-order valence-electron chi connectivity index (χ0n) is 4.75. The van der Waals surface area contributed by atoms with Crippen molar-refractivity contribution in [1.29, 1.82) is 5.26 Å². The Hall–Kier alpha value is -1.57. The Kier molecular flexibility index (Phi) is 1.32. The van der Waals surface area contributed by atoms with Crippen molar-refractivity contribution in [3.8, 4) is 6.19 Å². The molecule has 46 valence electrons. The van der Waals surface area contributed by atoms with Crippen LogP contribution < -0.4 is 5.32 Å². The van der Waals surface area contributed by atoms with Crippen LogP contribution in [0.3, 0.4) is 0 Å². The smallest absolute Gasteiger partial charge is 0.329 e. The van der Waals surface area contributed by atoms with Gasteiger partial charge < -0.3 is 4.42 Å². The van der Waals surface area contributed by atoms with E-state index in [-0.39, 0.29) is 6.01 Å². The van der Waals surface area contributed by atoms with Gasteiger partial charge in [-0.15, -0.1) is 5.10 Å². The van der Waals surface area contributed by atoms with Gasteiger partial charge in [0.05, 0.1) is 0 Å². The van der Waals surface area contributed by atoms with Crippen molar-refractivity contribution in [2.75, 3.05) is 5.32 Å². The molecule has 0 saturated heterocycles. The van der Waals surface area contributed by atoms with E-state index >= 15 is 0 Å². The summed E-state index contributed by atoms with van der Waals surface area (Å²) < 4.78 is 4.77. The van der Waals surface area contributed by atoms with Crippen molar-refractivity contribution in [3.05, 3.63) is 5.89 Å². The van der Waals surface area contributed by atoms with Crippen molar-refractivity contribution in [3.63, 3.8) is 0 Å². The number of hydrogen-bond acceptors (Lipinski definition) is 5. The number of nitrogens with zero attached hydrogens (tertiary/aromatic N) is 3. The molecule has 0 aliphatic carbocycles. The number of nitriles is 1. The largest absolute Gasteiger partial charge is 0.408 e. The lowest BCUT2D eigenvalue weighted by Crippen LogP contribution is -1.85. The molecule has 9 heavy (non-hydrogen) atoms. The van der Waals surface area contributed by atoms with Gasteiger partial charge in [0.1, 0.15) is 0 Å². The molecule has 1 heterocycles. The number of hydrogen-bond donors (Lipinski definition) is 1. The van der Waals surface area contributed by atoms with Crippen LogP contribution in [-0.4, -0.2) is 10.2 Å². The minimum atomic E-state index is 0.134. The monoisotopic (exact) mass is 124 g/mol. The minimum Gasteiger partial charge on any atom is -0.408 e. The maximum absolute atomic E-state index is 8.04. The van der Waals surface area contributed by atoms with Gasteiger partial charge in [-0.2, -0.15) is 5.26 Å². The predicted octanol–water partition coefficient (Wildman–Crippen LogP) is 0.271. The lowest BCUT2D eigenvalue weighted by molar-refractivity contribution is 0.536. The first-order valence-electron chi connectivity index (χ1n) is 2.28. The highest BCUT2D eigenvalue weighted by molar-refractivity contribution is 5.23. The summed E-state index contributed by atoms with van der Waals surface area (Å²) in [5, 5.41) is 17.2. The second-order valence-corrected chi connectivity index (χ2v) is 1.36. The van der Waals surface area contributed by atoms with Crippen molar-refractivity contribution in [2.45, 2.75) is 6.92 Å². The Morgan fingerprint density at radius 1 is 1.67 bits per heavy atom. The quantitative estimate of drug-likeness (QED) is 0.429. The highest BCUT2D eigenvalue weighted by Gasteiger charge is 1.96. The predicted molar refractivity (Wildman–Crippen MR) is 28.3 cm³/mol. The van der Waals surface area contributed by atoms with Gasteiger partial charge in [-0.05, 0) is 0 Å². The van der Waals surface area contributed by atoms with Gasteiger partial charge in [0.15, 0.2) is 6.19 Å². The van der Waals surface area contributed by atoms with Gasteiger partial charge in [-0.3, -0.25) is 0 Å². The first-order chi connectivity index (χ1) is 4.33. The Labute approximate surface area is 51.3 Å². The SMILES string of the molecule is Cc1nnc(NC#N)o1. The van der Waals surface area contributed by atoms with E-state index < -0.39 is 0 Å². The van der Waals surface area contributed by atoms with Crippen LogP contribution in [-0.2, 0) is 0 Å². The van der Waals surface area contributed by atoms with E-state index in [2.05, 4.69) is 15.5 Å². The first-order valence-corrected chi connectivity index (χ1v) is 2.28. The second-order valence-electron chi connectivity index (χ2n) is 1.36. The Morgan fingerprint density at radius 3 is 2.89 bits per heavy atom. The van der Waals surface area contributed by atoms with Crippen LogP contribution in [0, 0.1) is 18.4 Å². The van der Waals surface area contributed by atoms with Gasteiger partial charge >= 0.3 is 6.01 Å². The van der Waals surface area contributed by atoms with Crippen LogP contribution in [0.5, 0.6) is 0 Å². The van der Waals surface area contributed by atoms with Gasteiger partial charge in [0, 0.05) is 6.92 Å². The van der Waals surface area contributed by atoms with E-state index in [1.165, 1.54) is 0 Å². The summed E-state index contributed by atoms with van der Waals surface area (Å²) in [5.74, 6) is 0.438. The summed E-state index contributed by atoms with van der Waals surface area (Å²) in [7, 11) is 0. The lowest BCUT2D eigenvalue weighted by Gasteiger charge is -1.79. The molecule has 0 fully saturated rings. The third kappa shape index (κ3) is 1.16. The van der Waals surface area contributed by atoms with Gasteiger partial charge in [-0.1, -0.05) is 5.10 Å². The van der Waals surface area contributed by atoms with Crippen LogP contribution in [0.15, 0.2) is 4.42 Å². The maximum atomic E-state index is 8.04. The fourth-order valence-corrected chi connectivity index (χ4v) is 0.395. The molecule has 1 aromatic rings. The number of anilines is 1. The third-order valence-corrected chi connectivity index (χ3v) is 0.689. The van der Waals surface area contributed by atoms with Gasteiger partial charge in [-0.25, -0.2) is 5.32 Å². The van der Waals surface area contributed by atoms with E-state index in [0.29, 0.717) is 5.89 Å². The average Bonchev–Trinajstić information content (AvgIpc) is 2.17. The van der Waals surface area contributed by atoms with E-state index in [4.69, 9.17) is 9.68 Å². The second kappa shape index (κ2) is 2.13. The first kappa shape index (κ1) is 5.56. The van der Waals surface area contributed by atoms with E-state index in [1.54, 1.807) is 13.1 Å². The Morgan fingerprint density at radius 2 is 2.44 bits per heavy atom. The van der Waals surface area contributed by atoms with Crippen molar-refractivity contribution in [2.24, 2.45) is 0 Å². The van der Waals surface area contributed by atoms with E-state index in [1.807, 2.05) is 0 Å². The highest BCUT2D eigenvalue weighted by atomic mass is 16.4. The molecular weight excluding hydrogens is 120 g/mol. The van der Waals surface area contributed by atoms with Crippen LogP contribution in [0.1, 0.15) is 5.89 Å². The van der Waals surface area contributed by atoms with Crippen LogP contribution in [0.4, 0.5) is 6.01 Å². The van der Waals surface area contributed by atoms with Crippen molar-refractivity contribution >= 4 is 6.01 Å². The standard InChI is InChI=1S/C4H4N4O/c1-3-7-8-4(9-3)6-2-5/h1H3,(H,6,8). The summed E-state index contributed by atoms with van der Waals surface area (Å²) >= 11 is 0. The van der Waals surface area contributed by atoms with Gasteiger partial charge in [0.25, 0.3) is 0 Å². The van der Waals surface area contributed by atoms with Crippen LogP contribution in [0.2, 0.25) is 0 Å². The summed E-state index contributed by atoms with van der Waals surface area (Å²) in [4.78, 5) is 0. The molecule has 1 rings (SSSR count). The van der Waals surface area contributed by atoms with Crippen LogP contribution in [0.25, 0.3) is 0 Å². The molecule has 0 radical (unpaired) electrons. The molecule has 0 aromatic carbocycles. The van der Waals surface area contributed by atoms with Crippen molar-refractivity contribution < 1.29 is 4.42 Å². The molecule has 1 aromatic heterocycles. The molecular formula is C4H4N4O. The molecule has 0 aliphatic heterocycles. The summed E-state index contributed by atoms with van der Waals surface area (Å²) in [6.07, 6.45) is 1.65. The number of nitrogens with one attached hydrogen (secondary N) is 1. The maximum Gasteiger partial charge on any atom is 0.329 e. The molecule has 0 bridgehead atoms. The normalized spacial score (nSPS) is 8.44. The molecule has 5 heteroatoms. The molecule has 0 spiro atoms. The Balaban J connectivity index is 2.76. The van der Waals surface area contributed by atoms with Crippen molar-refractivity contribution in [1.82, 2.24) is 10.2 Å². The molecule has 0 amide bonds. The molecule has 0 unspecified atom stereocenters. The summed E-state index contributed by atoms with van der Waals surface area (Å²) in [5.41, 5.74) is 0. The topological polar surface area (TPSA) is 74.7 Å². The molecule has 0 saturated carbocycles. The fraction of sp³-hybridized carbons (Fsp3) is 0.250. The molecule has 1 N–H and O–H groups in total. The Bertz CT molecular complexity index is 235. The number of aromatic nitrogens is 2. The third-order valence-electron chi connectivity index (χ3n) is 0.689.